The maximum atomic E-state index is 12.3. The standard InChI is InChI=1S/C21H38N4O2/c1-8-10-17(16(3)22-13-15(2)21(4,5)6)24-19(26)14-23-20(27)18-11-9-12-25(18)7/h17-18,22H,2-3,8-14H2,1,4-7H3,(H,23,27)(H,24,26). The highest BCUT2D eigenvalue weighted by atomic mass is 16.2. The monoisotopic (exact) mass is 378 g/mol. The van der Waals surface area contributed by atoms with E-state index in [1.807, 2.05) is 11.9 Å². The number of nitrogens with one attached hydrogen (secondary N) is 3. The Labute approximate surface area is 164 Å². The van der Waals surface area contributed by atoms with Crippen LogP contribution in [0, 0.1) is 5.41 Å². The van der Waals surface area contributed by atoms with E-state index >= 15 is 0 Å². The number of hydrogen-bond donors (Lipinski definition) is 3. The highest BCUT2D eigenvalue weighted by Crippen LogP contribution is 2.22. The van der Waals surface area contributed by atoms with Crippen LogP contribution < -0.4 is 16.0 Å². The molecule has 0 spiro atoms. The van der Waals surface area contributed by atoms with E-state index in [-0.39, 0.29) is 35.9 Å². The highest BCUT2D eigenvalue weighted by molar-refractivity contribution is 5.87. The van der Waals surface area contributed by atoms with Gasteiger partial charge in [0.15, 0.2) is 0 Å². The molecule has 2 amide bonds. The summed E-state index contributed by atoms with van der Waals surface area (Å²) in [4.78, 5) is 26.5. The van der Waals surface area contributed by atoms with Crippen molar-refractivity contribution in [3.8, 4) is 0 Å². The molecule has 0 aromatic heterocycles. The minimum atomic E-state index is -0.194. The molecule has 0 saturated carbocycles. The van der Waals surface area contributed by atoms with Gasteiger partial charge in [0.05, 0.1) is 18.6 Å². The number of amides is 2. The van der Waals surface area contributed by atoms with Crippen LogP contribution in [-0.4, -0.2) is 55.5 Å². The molecule has 6 heteroatoms. The molecule has 27 heavy (non-hydrogen) atoms. The second-order valence-corrected chi connectivity index (χ2v) is 8.50. The summed E-state index contributed by atoms with van der Waals surface area (Å²) < 4.78 is 0. The number of nitrogens with zero attached hydrogens (tertiary/aromatic N) is 1. The number of rotatable bonds is 10. The first-order chi connectivity index (χ1) is 12.6. The van der Waals surface area contributed by atoms with Gasteiger partial charge in [-0.05, 0) is 38.3 Å². The molecule has 0 aliphatic carbocycles. The van der Waals surface area contributed by atoms with Crippen LogP contribution in [0.25, 0.3) is 0 Å². The number of carbonyl (C=O) groups is 2. The Morgan fingerprint density at radius 2 is 1.85 bits per heavy atom. The van der Waals surface area contributed by atoms with Gasteiger partial charge in [-0.3, -0.25) is 14.5 Å². The third-order valence-corrected chi connectivity index (χ3v) is 5.17. The average Bonchev–Trinajstić information content (AvgIpc) is 3.02. The molecular formula is C21H38N4O2. The molecule has 2 unspecified atom stereocenters. The van der Waals surface area contributed by atoms with E-state index in [1.54, 1.807) is 0 Å². The molecule has 6 nitrogen and oxygen atoms in total. The fourth-order valence-corrected chi connectivity index (χ4v) is 3.00. The van der Waals surface area contributed by atoms with Gasteiger partial charge in [-0.25, -0.2) is 0 Å². The van der Waals surface area contributed by atoms with Crippen molar-refractivity contribution >= 4 is 11.8 Å². The molecule has 0 bridgehead atoms. The molecule has 2 atom stereocenters. The van der Waals surface area contributed by atoms with Gasteiger partial charge in [-0.2, -0.15) is 0 Å². The molecular weight excluding hydrogens is 340 g/mol. The van der Waals surface area contributed by atoms with Crippen LogP contribution in [0.3, 0.4) is 0 Å². The minimum absolute atomic E-state index is 0.00856. The highest BCUT2D eigenvalue weighted by Gasteiger charge is 2.28. The third kappa shape index (κ3) is 7.75. The smallest absolute Gasteiger partial charge is 0.239 e. The Morgan fingerprint density at radius 3 is 2.37 bits per heavy atom. The lowest BCUT2D eigenvalue weighted by Crippen LogP contribution is -2.48. The maximum absolute atomic E-state index is 12.3. The van der Waals surface area contributed by atoms with Crippen molar-refractivity contribution in [1.82, 2.24) is 20.9 Å². The van der Waals surface area contributed by atoms with Crippen LogP contribution in [0.2, 0.25) is 0 Å². The zero-order valence-electron chi connectivity index (χ0n) is 17.8. The zero-order chi connectivity index (χ0) is 20.6. The van der Waals surface area contributed by atoms with Crippen LogP contribution in [0.15, 0.2) is 24.4 Å². The van der Waals surface area contributed by atoms with Crippen LogP contribution in [0.5, 0.6) is 0 Å². The molecule has 1 aliphatic rings. The van der Waals surface area contributed by atoms with Crippen molar-refractivity contribution in [3.63, 3.8) is 0 Å². The topological polar surface area (TPSA) is 73.5 Å². The van der Waals surface area contributed by atoms with Gasteiger partial charge in [0.1, 0.15) is 0 Å². The number of likely N-dealkylation sites (tertiary alicyclic amines) is 1. The van der Waals surface area contributed by atoms with Crippen LogP contribution in [-0.2, 0) is 9.59 Å². The van der Waals surface area contributed by atoms with Gasteiger partial charge in [0.25, 0.3) is 0 Å². The Morgan fingerprint density at radius 1 is 1.19 bits per heavy atom. The molecule has 1 saturated heterocycles. The van der Waals surface area contributed by atoms with E-state index < -0.39 is 0 Å². The molecule has 0 aromatic carbocycles. The molecule has 154 valence electrons. The third-order valence-electron chi connectivity index (χ3n) is 5.17. The summed E-state index contributed by atoms with van der Waals surface area (Å²) in [5.41, 5.74) is 1.88. The van der Waals surface area contributed by atoms with Gasteiger partial charge in [-0.1, -0.05) is 52.8 Å². The maximum Gasteiger partial charge on any atom is 0.239 e. The van der Waals surface area contributed by atoms with E-state index in [0.717, 1.165) is 43.5 Å². The van der Waals surface area contributed by atoms with Crippen molar-refractivity contribution in [1.29, 1.82) is 0 Å². The van der Waals surface area contributed by atoms with Gasteiger partial charge in [0, 0.05) is 12.2 Å². The van der Waals surface area contributed by atoms with Gasteiger partial charge >= 0.3 is 0 Å². The van der Waals surface area contributed by atoms with Crippen LogP contribution in [0.1, 0.15) is 53.4 Å². The molecule has 1 rings (SSSR count). The van der Waals surface area contributed by atoms with Crippen molar-refractivity contribution in [2.24, 2.45) is 5.41 Å². The van der Waals surface area contributed by atoms with Crippen molar-refractivity contribution < 1.29 is 9.59 Å². The Bertz CT molecular complexity index is 551. The summed E-state index contributed by atoms with van der Waals surface area (Å²) >= 11 is 0. The second-order valence-electron chi connectivity index (χ2n) is 8.50. The number of likely N-dealkylation sites (N-methyl/N-ethyl adjacent to an activating group) is 1. The predicted octanol–water partition coefficient (Wildman–Crippen LogP) is 2.19. The van der Waals surface area contributed by atoms with Crippen LogP contribution >= 0.6 is 0 Å². The Balaban J connectivity index is 2.47. The van der Waals surface area contributed by atoms with Gasteiger partial charge < -0.3 is 16.0 Å². The normalized spacial score (nSPS) is 18.6. The van der Waals surface area contributed by atoms with Gasteiger partial charge in [-0.15, -0.1) is 0 Å². The zero-order valence-corrected chi connectivity index (χ0v) is 17.8. The largest absolute Gasteiger partial charge is 0.383 e. The molecule has 1 heterocycles. The Hall–Kier alpha value is -1.82. The van der Waals surface area contributed by atoms with Crippen molar-refractivity contribution in [2.75, 3.05) is 26.7 Å². The average molecular weight is 379 g/mol. The van der Waals surface area contributed by atoms with Crippen molar-refractivity contribution in [3.05, 3.63) is 24.4 Å². The van der Waals surface area contributed by atoms with Gasteiger partial charge in [0.2, 0.25) is 11.8 Å². The quantitative estimate of drug-likeness (QED) is 0.510. The first-order valence-corrected chi connectivity index (χ1v) is 9.94. The fourth-order valence-electron chi connectivity index (χ4n) is 3.00. The summed E-state index contributed by atoms with van der Waals surface area (Å²) in [6.07, 6.45) is 3.58. The van der Waals surface area contributed by atoms with E-state index in [0.29, 0.717) is 6.54 Å². The molecule has 1 aliphatic heterocycles. The lowest BCUT2D eigenvalue weighted by Gasteiger charge is -2.26. The first-order valence-electron chi connectivity index (χ1n) is 9.94. The SMILES string of the molecule is C=C(NCC(=C)C(C)(C)C)C(CCC)NC(=O)CNC(=O)C1CCCN1C. The van der Waals surface area contributed by atoms with E-state index in [2.05, 4.69) is 56.8 Å². The van der Waals surface area contributed by atoms with E-state index in [1.165, 1.54) is 0 Å². The minimum Gasteiger partial charge on any atom is -0.383 e. The van der Waals surface area contributed by atoms with Crippen LogP contribution in [0.4, 0.5) is 0 Å². The summed E-state index contributed by atoms with van der Waals surface area (Å²) in [6.45, 7) is 18.2. The predicted molar refractivity (Wildman–Crippen MR) is 111 cm³/mol. The number of carbonyl (C=O) groups excluding carboxylic acids is 2. The summed E-state index contributed by atoms with van der Waals surface area (Å²) in [5.74, 6) is -0.268. The van der Waals surface area contributed by atoms with E-state index in [9.17, 15) is 9.59 Å². The molecule has 3 N–H and O–H groups in total. The fraction of sp³-hybridized carbons (Fsp3) is 0.714. The Kier molecular flexibility index (Phi) is 9.03. The molecule has 1 fully saturated rings. The second kappa shape index (κ2) is 10.5. The molecule has 0 radical (unpaired) electrons. The summed E-state index contributed by atoms with van der Waals surface area (Å²) in [7, 11) is 1.94. The van der Waals surface area contributed by atoms with E-state index in [4.69, 9.17) is 0 Å². The number of hydrogen-bond acceptors (Lipinski definition) is 4. The summed E-state index contributed by atoms with van der Waals surface area (Å²) in [5, 5.41) is 9.02. The lowest BCUT2D eigenvalue weighted by atomic mass is 9.87. The molecule has 0 aromatic rings. The summed E-state index contributed by atoms with van der Waals surface area (Å²) in [6, 6.07) is -0.286. The van der Waals surface area contributed by atoms with Crippen molar-refractivity contribution in [2.45, 2.75) is 65.5 Å². The lowest BCUT2D eigenvalue weighted by molar-refractivity contribution is -0.128. The first kappa shape index (κ1) is 23.2.